The molecule has 6 rings (SSSR count). The van der Waals surface area contributed by atoms with Crippen LogP contribution < -0.4 is 20.9 Å². The maximum Gasteiger partial charge on any atom is 0.437 e. The van der Waals surface area contributed by atoms with Crippen molar-refractivity contribution in [2.24, 2.45) is 10.7 Å². The maximum absolute atomic E-state index is 14.3. The van der Waals surface area contributed by atoms with E-state index in [2.05, 4.69) is 15.1 Å². The topological polar surface area (TPSA) is 104 Å². The normalized spacial score (nSPS) is 17.6. The number of ether oxygens (including phenoxy) is 1. The second kappa shape index (κ2) is 9.24. The van der Waals surface area contributed by atoms with Gasteiger partial charge in [-0.05, 0) is 43.3 Å². The van der Waals surface area contributed by atoms with E-state index in [9.17, 15) is 18.0 Å². The predicted octanol–water partition coefficient (Wildman–Crippen LogP) is 4.55. The fraction of sp³-hybridized carbons (Fsp3) is 0.360. The largest absolute Gasteiger partial charge is 0.453 e. The number of thiophene rings is 1. The number of aryl methyl sites for hydroxylation is 1. The second-order valence-corrected chi connectivity index (χ2v) is 10.2. The van der Waals surface area contributed by atoms with Crippen LogP contribution in [0.15, 0.2) is 45.5 Å². The van der Waals surface area contributed by atoms with Crippen molar-refractivity contribution in [1.82, 2.24) is 19.3 Å². The zero-order chi connectivity index (χ0) is 26.6. The Balaban J connectivity index is 1.54. The van der Waals surface area contributed by atoms with Crippen molar-refractivity contribution >= 4 is 39.0 Å². The molecule has 13 heteroatoms. The van der Waals surface area contributed by atoms with Crippen LogP contribution >= 0.6 is 11.3 Å². The van der Waals surface area contributed by atoms with E-state index in [-0.39, 0.29) is 24.6 Å². The summed E-state index contributed by atoms with van der Waals surface area (Å²) >= 11 is 1.33. The highest BCUT2D eigenvalue weighted by Crippen LogP contribution is 2.41. The number of para-hydroxylation sites is 1. The minimum atomic E-state index is -4.83. The lowest BCUT2D eigenvalue weighted by Gasteiger charge is -2.31. The van der Waals surface area contributed by atoms with Gasteiger partial charge in [-0.25, -0.2) is 14.7 Å². The Labute approximate surface area is 219 Å². The van der Waals surface area contributed by atoms with Gasteiger partial charge in [0.05, 0.1) is 12.3 Å². The van der Waals surface area contributed by atoms with Gasteiger partial charge in [0.15, 0.2) is 16.4 Å². The van der Waals surface area contributed by atoms with Crippen molar-refractivity contribution in [1.29, 1.82) is 0 Å². The Morgan fingerprint density at radius 1 is 1.21 bits per heavy atom. The van der Waals surface area contributed by atoms with Crippen LogP contribution in [0.2, 0.25) is 0 Å². The first-order valence-electron chi connectivity index (χ1n) is 12.3. The van der Waals surface area contributed by atoms with E-state index < -0.39 is 22.9 Å². The number of hydrogen-bond acceptors (Lipinski definition) is 8. The van der Waals surface area contributed by atoms with Gasteiger partial charge in [-0.1, -0.05) is 12.1 Å². The quantitative estimate of drug-likeness (QED) is 0.405. The zero-order valence-corrected chi connectivity index (χ0v) is 21.2. The molecule has 1 atom stereocenters. The molecule has 2 N–H and O–H groups in total. The number of aliphatic imine (C=N–C) groups is 1. The number of piperidine rings is 1. The van der Waals surface area contributed by atoms with E-state index in [1.807, 2.05) is 10.3 Å². The zero-order valence-electron chi connectivity index (χ0n) is 20.4. The van der Waals surface area contributed by atoms with Crippen molar-refractivity contribution in [3.63, 3.8) is 0 Å². The summed E-state index contributed by atoms with van der Waals surface area (Å²) in [5, 5.41) is 6.17. The smallest absolute Gasteiger partial charge is 0.437 e. The van der Waals surface area contributed by atoms with Crippen LogP contribution in [0.1, 0.15) is 31.0 Å². The molecule has 2 aliphatic rings. The summed E-state index contributed by atoms with van der Waals surface area (Å²) < 4.78 is 51.3. The van der Waals surface area contributed by atoms with Crippen LogP contribution in [0.25, 0.3) is 11.0 Å². The molecule has 0 bridgehead atoms. The molecule has 0 radical (unpaired) electrons. The Bertz CT molecular complexity index is 1620. The molecule has 1 aromatic carbocycles. The molecule has 1 fully saturated rings. The van der Waals surface area contributed by atoms with Gasteiger partial charge < -0.3 is 19.9 Å². The van der Waals surface area contributed by atoms with E-state index in [0.29, 0.717) is 46.8 Å². The first-order chi connectivity index (χ1) is 18.2. The van der Waals surface area contributed by atoms with Gasteiger partial charge in [0.25, 0.3) is 5.56 Å². The second-order valence-electron chi connectivity index (χ2n) is 9.26. The Morgan fingerprint density at radius 2 is 2.03 bits per heavy atom. The number of halogens is 3. The Kier molecular flexibility index (Phi) is 5.99. The standard InChI is InChI=1S/C25H24F3N7O2S/c1-2-34-20-19(31-24(34)33-10-5-6-14(29)12-33)21(25(26,27)28)32-35(23(20)36)13-16-15-7-3-4-8-17(15)37-18-9-11-38-22(18)30-16/h3-4,7-9,11,14H,2,5-6,10,12-13,29H2,1H3. The highest BCUT2D eigenvalue weighted by molar-refractivity contribution is 7.14. The van der Waals surface area contributed by atoms with E-state index in [1.54, 1.807) is 37.3 Å². The molecule has 38 heavy (non-hydrogen) atoms. The number of alkyl halides is 3. The lowest BCUT2D eigenvalue weighted by Crippen LogP contribution is -2.44. The summed E-state index contributed by atoms with van der Waals surface area (Å²) in [6.07, 6.45) is -3.22. The number of benzene rings is 1. The maximum atomic E-state index is 14.3. The summed E-state index contributed by atoms with van der Waals surface area (Å²) in [5.41, 5.74) is 4.59. The molecule has 4 aromatic rings. The molecule has 5 heterocycles. The van der Waals surface area contributed by atoms with Crippen LogP contribution in [0.3, 0.4) is 0 Å². The lowest BCUT2D eigenvalue weighted by atomic mass is 10.1. The van der Waals surface area contributed by atoms with E-state index in [1.165, 1.54) is 15.9 Å². The molecule has 0 aliphatic carbocycles. The third-order valence-corrected chi connectivity index (χ3v) is 7.51. The van der Waals surface area contributed by atoms with Crippen molar-refractivity contribution in [3.8, 4) is 11.5 Å². The summed E-state index contributed by atoms with van der Waals surface area (Å²) in [4.78, 5) is 24.6. The van der Waals surface area contributed by atoms with Crippen LogP contribution in [-0.4, -0.2) is 44.2 Å². The van der Waals surface area contributed by atoms with E-state index in [0.717, 1.165) is 17.5 Å². The van der Waals surface area contributed by atoms with Crippen LogP contribution in [-0.2, 0) is 19.3 Å². The van der Waals surface area contributed by atoms with Crippen molar-refractivity contribution in [2.45, 2.75) is 45.1 Å². The average molecular weight is 544 g/mol. The summed E-state index contributed by atoms with van der Waals surface area (Å²) in [7, 11) is 0. The van der Waals surface area contributed by atoms with Gasteiger partial charge in [0.1, 0.15) is 16.8 Å². The van der Waals surface area contributed by atoms with Crippen molar-refractivity contribution in [3.05, 3.63) is 57.3 Å². The third kappa shape index (κ3) is 4.15. The number of fused-ring (bicyclic) bond motifs is 3. The molecule has 1 unspecified atom stereocenters. The number of nitrogens with two attached hydrogens (primary N) is 1. The minimum Gasteiger partial charge on any atom is -0.453 e. The molecule has 9 nitrogen and oxygen atoms in total. The Morgan fingerprint density at radius 3 is 2.79 bits per heavy atom. The van der Waals surface area contributed by atoms with Crippen LogP contribution in [0.5, 0.6) is 11.5 Å². The first-order valence-corrected chi connectivity index (χ1v) is 13.1. The minimum absolute atomic E-state index is 0.122. The van der Waals surface area contributed by atoms with E-state index in [4.69, 9.17) is 10.5 Å². The van der Waals surface area contributed by atoms with Gasteiger partial charge >= 0.3 is 6.18 Å². The molecule has 198 valence electrons. The van der Waals surface area contributed by atoms with Crippen LogP contribution in [0.4, 0.5) is 24.1 Å². The molecular weight excluding hydrogens is 519 g/mol. The third-order valence-electron chi connectivity index (χ3n) is 6.72. The summed E-state index contributed by atoms with van der Waals surface area (Å²) in [6.45, 7) is 2.78. The number of aromatic nitrogens is 4. The van der Waals surface area contributed by atoms with E-state index >= 15 is 0 Å². The van der Waals surface area contributed by atoms with Gasteiger partial charge in [0, 0.05) is 31.2 Å². The SMILES string of the molecule is CCn1c(N2CCCC(N)C2)nc2c(C(F)(F)F)nn(CC3=Nc4sccc4Oc4ccccc43)c(=O)c21. The highest BCUT2D eigenvalue weighted by Gasteiger charge is 2.39. The summed E-state index contributed by atoms with van der Waals surface area (Å²) in [6, 6.07) is 8.73. The van der Waals surface area contributed by atoms with Gasteiger partial charge in [-0.3, -0.25) is 4.79 Å². The molecule has 0 spiro atoms. The van der Waals surface area contributed by atoms with Crippen molar-refractivity contribution < 1.29 is 17.9 Å². The first kappa shape index (κ1) is 24.6. The number of rotatable bonds is 4. The van der Waals surface area contributed by atoms with Gasteiger partial charge in [-0.15, -0.1) is 11.3 Å². The fourth-order valence-corrected chi connectivity index (χ4v) is 5.71. The highest BCUT2D eigenvalue weighted by atomic mass is 32.1. The molecular formula is C25H24F3N7O2S. The van der Waals surface area contributed by atoms with Gasteiger partial charge in [0.2, 0.25) is 5.95 Å². The molecule has 0 saturated carbocycles. The number of imidazole rings is 1. The lowest BCUT2D eigenvalue weighted by molar-refractivity contribution is -0.141. The molecule has 0 amide bonds. The number of anilines is 1. The summed E-state index contributed by atoms with van der Waals surface area (Å²) in [5.74, 6) is 1.34. The molecule has 1 saturated heterocycles. The number of nitrogens with zero attached hydrogens (tertiary/aromatic N) is 6. The van der Waals surface area contributed by atoms with Crippen LogP contribution in [0, 0.1) is 0 Å². The average Bonchev–Trinajstić information content (AvgIpc) is 3.45. The fourth-order valence-electron chi connectivity index (χ4n) is 5.00. The molecule has 3 aromatic heterocycles. The monoisotopic (exact) mass is 543 g/mol. The Hall–Kier alpha value is -3.71. The predicted molar refractivity (Wildman–Crippen MR) is 139 cm³/mol. The molecule has 2 aliphatic heterocycles. The number of hydrogen-bond donors (Lipinski definition) is 1. The van der Waals surface area contributed by atoms with Crippen molar-refractivity contribution in [2.75, 3.05) is 18.0 Å². The van der Waals surface area contributed by atoms with Gasteiger partial charge in [-0.2, -0.15) is 18.3 Å².